The molecule has 1 saturated carbocycles. The van der Waals surface area contributed by atoms with Crippen molar-refractivity contribution < 1.29 is 9.47 Å². The summed E-state index contributed by atoms with van der Waals surface area (Å²) in [7, 11) is 0. The lowest BCUT2D eigenvalue weighted by molar-refractivity contribution is 0.174. The van der Waals surface area contributed by atoms with Gasteiger partial charge in [0.15, 0.2) is 11.5 Å². The van der Waals surface area contributed by atoms with Crippen molar-refractivity contribution in [3.63, 3.8) is 0 Å². The molecule has 3 nitrogen and oxygen atoms in total. The van der Waals surface area contributed by atoms with Crippen molar-refractivity contribution in [2.75, 3.05) is 6.79 Å². The Bertz CT molecular complexity index is 436. The average Bonchev–Trinajstić information content (AvgIpc) is 2.86. The smallest absolute Gasteiger partial charge is 0.231 e. The third-order valence-corrected chi connectivity index (χ3v) is 4.13. The summed E-state index contributed by atoms with van der Waals surface area (Å²) in [6.07, 6.45) is 2.21. The van der Waals surface area contributed by atoms with Crippen molar-refractivity contribution in [1.29, 1.82) is 0 Å². The molecule has 3 heteroatoms. The van der Waals surface area contributed by atoms with Crippen LogP contribution in [-0.2, 0) is 5.41 Å². The fourth-order valence-corrected chi connectivity index (χ4v) is 2.33. The summed E-state index contributed by atoms with van der Waals surface area (Å²) in [5.74, 6) is 1.68. The van der Waals surface area contributed by atoms with Crippen LogP contribution < -0.4 is 15.2 Å². The predicted molar refractivity (Wildman–Crippen MR) is 61.7 cm³/mol. The molecule has 1 fully saturated rings. The standard InChI is InChI=1S/C13H17NO2/c1-12(2,13(14)5-6-13)9-3-4-10-11(7-9)16-8-15-10/h3-4,7H,5-6,8,14H2,1-2H3. The van der Waals surface area contributed by atoms with Gasteiger partial charge in [0.05, 0.1) is 0 Å². The van der Waals surface area contributed by atoms with E-state index < -0.39 is 0 Å². The van der Waals surface area contributed by atoms with E-state index >= 15 is 0 Å². The SMILES string of the molecule is CC(C)(c1ccc2c(c1)OCO2)C1(N)CC1. The van der Waals surface area contributed by atoms with Gasteiger partial charge in [-0.15, -0.1) is 0 Å². The number of benzene rings is 1. The van der Waals surface area contributed by atoms with Gasteiger partial charge in [0.1, 0.15) is 0 Å². The van der Waals surface area contributed by atoms with E-state index in [1.54, 1.807) is 0 Å². The molecule has 2 N–H and O–H groups in total. The zero-order valence-electron chi connectivity index (χ0n) is 9.75. The maximum Gasteiger partial charge on any atom is 0.231 e. The number of nitrogens with two attached hydrogens (primary N) is 1. The molecule has 0 spiro atoms. The Balaban J connectivity index is 2.01. The highest BCUT2D eigenvalue weighted by Crippen LogP contribution is 2.50. The van der Waals surface area contributed by atoms with Gasteiger partial charge in [-0.2, -0.15) is 0 Å². The van der Waals surface area contributed by atoms with E-state index in [1.807, 2.05) is 6.07 Å². The van der Waals surface area contributed by atoms with E-state index in [4.69, 9.17) is 15.2 Å². The van der Waals surface area contributed by atoms with Gasteiger partial charge in [-0.3, -0.25) is 0 Å². The quantitative estimate of drug-likeness (QED) is 0.829. The topological polar surface area (TPSA) is 44.5 Å². The van der Waals surface area contributed by atoms with E-state index in [1.165, 1.54) is 5.56 Å². The molecule has 86 valence electrons. The van der Waals surface area contributed by atoms with Crippen molar-refractivity contribution in [3.05, 3.63) is 23.8 Å². The zero-order valence-corrected chi connectivity index (χ0v) is 9.75. The van der Waals surface area contributed by atoms with Crippen LogP contribution in [0.1, 0.15) is 32.3 Å². The largest absolute Gasteiger partial charge is 0.454 e. The maximum absolute atomic E-state index is 6.33. The van der Waals surface area contributed by atoms with Crippen molar-refractivity contribution >= 4 is 0 Å². The summed E-state index contributed by atoms with van der Waals surface area (Å²) < 4.78 is 10.7. The van der Waals surface area contributed by atoms with Gasteiger partial charge in [0.25, 0.3) is 0 Å². The molecule has 0 bridgehead atoms. The highest BCUT2D eigenvalue weighted by molar-refractivity contribution is 5.47. The average molecular weight is 219 g/mol. The van der Waals surface area contributed by atoms with Gasteiger partial charge in [0.2, 0.25) is 6.79 Å². The number of rotatable bonds is 2. The van der Waals surface area contributed by atoms with Crippen LogP contribution in [0.25, 0.3) is 0 Å². The summed E-state index contributed by atoms with van der Waals surface area (Å²) in [5, 5.41) is 0. The molecule has 1 heterocycles. The second-order valence-corrected chi connectivity index (χ2v) is 5.35. The van der Waals surface area contributed by atoms with E-state index in [0.717, 1.165) is 24.3 Å². The lowest BCUT2D eigenvalue weighted by atomic mass is 9.76. The first-order valence-electron chi connectivity index (χ1n) is 5.72. The van der Waals surface area contributed by atoms with Gasteiger partial charge >= 0.3 is 0 Å². The predicted octanol–water partition coefficient (Wildman–Crippen LogP) is 2.18. The molecule has 1 aromatic rings. The fraction of sp³-hybridized carbons (Fsp3) is 0.538. The Labute approximate surface area is 95.5 Å². The Morgan fingerprint density at radius 1 is 1.19 bits per heavy atom. The van der Waals surface area contributed by atoms with Crippen LogP contribution in [0.5, 0.6) is 11.5 Å². The second-order valence-electron chi connectivity index (χ2n) is 5.35. The highest BCUT2D eigenvalue weighted by atomic mass is 16.7. The Hall–Kier alpha value is -1.22. The van der Waals surface area contributed by atoms with Crippen LogP contribution in [0.2, 0.25) is 0 Å². The molecule has 1 aromatic carbocycles. The molecule has 0 radical (unpaired) electrons. The van der Waals surface area contributed by atoms with E-state index in [-0.39, 0.29) is 11.0 Å². The molecular weight excluding hydrogens is 202 g/mol. The fourth-order valence-electron chi connectivity index (χ4n) is 2.33. The second kappa shape index (κ2) is 2.92. The van der Waals surface area contributed by atoms with Gasteiger partial charge in [0, 0.05) is 11.0 Å². The summed E-state index contributed by atoms with van der Waals surface area (Å²) in [4.78, 5) is 0. The van der Waals surface area contributed by atoms with Crippen LogP contribution >= 0.6 is 0 Å². The van der Waals surface area contributed by atoms with Gasteiger partial charge in [-0.25, -0.2) is 0 Å². The lowest BCUT2D eigenvalue weighted by Gasteiger charge is -2.32. The van der Waals surface area contributed by atoms with Gasteiger partial charge in [-0.1, -0.05) is 19.9 Å². The molecular formula is C13H17NO2. The molecule has 3 rings (SSSR count). The minimum absolute atomic E-state index is 0.00597. The first-order valence-corrected chi connectivity index (χ1v) is 5.72. The van der Waals surface area contributed by atoms with Crippen LogP contribution in [-0.4, -0.2) is 12.3 Å². The number of hydrogen-bond donors (Lipinski definition) is 1. The lowest BCUT2D eigenvalue weighted by Crippen LogP contribution is -2.43. The minimum Gasteiger partial charge on any atom is -0.454 e. The zero-order chi connectivity index (χ0) is 11.4. The van der Waals surface area contributed by atoms with Crippen molar-refractivity contribution in [2.45, 2.75) is 37.6 Å². The molecule has 0 atom stereocenters. The molecule has 16 heavy (non-hydrogen) atoms. The van der Waals surface area contributed by atoms with Crippen LogP contribution in [0, 0.1) is 0 Å². The van der Waals surface area contributed by atoms with Gasteiger partial charge in [-0.05, 0) is 30.5 Å². The first kappa shape index (κ1) is 9.97. The van der Waals surface area contributed by atoms with Crippen molar-refractivity contribution in [1.82, 2.24) is 0 Å². The monoisotopic (exact) mass is 219 g/mol. The Morgan fingerprint density at radius 2 is 1.88 bits per heavy atom. The van der Waals surface area contributed by atoms with Crippen LogP contribution in [0.15, 0.2) is 18.2 Å². The molecule has 0 amide bonds. The molecule has 1 aliphatic heterocycles. The van der Waals surface area contributed by atoms with Gasteiger partial charge < -0.3 is 15.2 Å². The summed E-state index contributed by atoms with van der Waals surface area (Å²) in [6, 6.07) is 6.14. The van der Waals surface area contributed by atoms with E-state index in [2.05, 4.69) is 26.0 Å². The summed E-state index contributed by atoms with van der Waals surface area (Å²) in [6.45, 7) is 4.74. The van der Waals surface area contributed by atoms with Crippen molar-refractivity contribution in [2.24, 2.45) is 5.73 Å². The maximum atomic E-state index is 6.33. The van der Waals surface area contributed by atoms with E-state index in [9.17, 15) is 0 Å². The molecule has 0 unspecified atom stereocenters. The van der Waals surface area contributed by atoms with E-state index in [0.29, 0.717) is 6.79 Å². The summed E-state index contributed by atoms with van der Waals surface area (Å²) >= 11 is 0. The highest BCUT2D eigenvalue weighted by Gasteiger charge is 2.52. The number of hydrogen-bond acceptors (Lipinski definition) is 3. The van der Waals surface area contributed by atoms with Crippen LogP contribution in [0.3, 0.4) is 0 Å². The number of ether oxygens (including phenoxy) is 2. The Kier molecular flexibility index (Phi) is 1.82. The van der Waals surface area contributed by atoms with Crippen molar-refractivity contribution in [3.8, 4) is 11.5 Å². The third-order valence-electron chi connectivity index (χ3n) is 4.13. The third kappa shape index (κ3) is 1.24. The molecule has 2 aliphatic rings. The molecule has 0 saturated heterocycles. The van der Waals surface area contributed by atoms with Crippen LogP contribution in [0.4, 0.5) is 0 Å². The normalized spacial score (nSPS) is 20.9. The molecule has 1 aliphatic carbocycles. The number of fused-ring (bicyclic) bond motifs is 1. The first-order chi connectivity index (χ1) is 7.53. The minimum atomic E-state index is -0.0410. The summed E-state index contributed by atoms with van der Waals surface area (Å²) in [5.41, 5.74) is 7.52. The molecule has 0 aromatic heterocycles. The Morgan fingerprint density at radius 3 is 2.56 bits per heavy atom.